The lowest BCUT2D eigenvalue weighted by Gasteiger charge is -2.06. The molecule has 1 aliphatic rings. The summed E-state index contributed by atoms with van der Waals surface area (Å²) in [6, 6.07) is 4.16. The third-order valence-corrected chi connectivity index (χ3v) is 2.62. The molecule has 86 valence electrons. The fourth-order valence-corrected chi connectivity index (χ4v) is 1.56. The Kier molecular flexibility index (Phi) is 3.51. The van der Waals surface area contributed by atoms with Gasteiger partial charge < -0.3 is 10.1 Å². The van der Waals surface area contributed by atoms with Crippen molar-refractivity contribution in [3.63, 3.8) is 0 Å². The summed E-state index contributed by atoms with van der Waals surface area (Å²) >= 11 is 0. The molecule has 0 saturated heterocycles. The molecule has 1 heterocycles. The maximum absolute atomic E-state index is 11.8. The highest BCUT2D eigenvalue weighted by atomic mass is 16.5. The van der Waals surface area contributed by atoms with Crippen LogP contribution in [-0.4, -0.2) is 30.5 Å². The largest absolute Gasteiger partial charge is 0.494 e. The van der Waals surface area contributed by atoms with E-state index in [1.807, 2.05) is 0 Å². The van der Waals surface area contributed by atoms with Gasteiger partial charge in [0.15, 0.2) is 5.78 Å². The summed E-state index contributed by atoms with van der Waals surface area (Å²) in [5.74, 6) is 0.588. The summed E-state index contributed by atoms with van der Waals surface area (Å²) < 4.78 is 5.10. The molecule has 1 fully saturated rings. The van der Waals surface area contributed by atoms with Crippen molar-refractivity contribution in [3.8, 4) is 5.75 Å². The van der Waals surface area contributed by atoms with Gasteiger partial charge in [0.05, 0.1) is 7.11 Å². The Morgan fingerprint density at radius 2 is 2.44 bits per heavy atom. The minimum absolute atomic E-state index is 0.0330. The van der Waals surface area contributed by atoms with Crippen molar-refractivity contribution in [2.45, 2.75) is 25.3 Å². The van der Waals surface area contributed by atoms with E-state index in [2.05, 4.69) is 10.3 Å². The third-order valence-electron chi connectivity index (χ3n) is 2.62. The van der Waals surface area contributed by atoms with E-state index in [4.69, 9.17) is 4.74 Å². The van der Waals surface area contributed by atoms with Crippen LogP contribution in [0.5, 0.6) is 5.75 Å². The van der Waals surface area contributed by atoms with Gasteiger partial charge in [-0.1, -0.05) is 0 Å². The molecular formula is C12H16N2O2. The zero-order valence-electron chi connectivity index (χ0n) is 9.40. The number of rotatable bonds is 6. The van der Waals surface area contributed by atoms with Gasteiger partial charge in [0.1, 0.15) is 11.4 Å². The van der Waals surface area contributed by atoms with Crippen LogP contribution in [0.4, 0.5) is 0 Å². The number of hydrogen-bond acceptors (Lipinski definition) is 4. The molecule has 1 aliphatic carbocycles. The predicted molar refractivity (Wildman–Crippen MR) is 60.8 cm³/mol. The Labute approximate surface area is 95.0 Å². The molecule has 0 aliphatic heterocycles. The Hall–Kier alpha value is -1.42. The molecule has 0 atom stereocenters. The Morgan fingerprint density at radius 1 is 1.62 bits per heavy atom. The van der Waals surface area contributed by atoms with Gasteiger partial charge in [-0.25, -0.2) is 4.98 Å². The standard InChI is InChI=1S/C12H16N2O2/c1-16-11-3-2-7-14-12(11)10(15)6-8-13-9-4-5-9/h2-3,7,9,13H,4-6,8H2,1H3. The molecule has 16 heavy (non-hydrogen) atoms. The number of ether oxygens (including phenoxy) is 1. The van der Waals surface area contributed by atoms with Crippen LogP contribution in [0.1, 0.15) is 29.8 Å². The average molecular weight is 220 g/mol. The van der Waals surface area contributed by atoms with Crippen LogP contribution in [0.25, 0.3) is 0 Å². The minimum atomic E-state index is 0.0330. The van der Waals surface area contributed by atoms with Gasteiger partial charge in [0.25, 0.3) is 0 Å². The van der Waals surface area contributed by atoms with Crippen LogP contribution in [0, 0.1) is 0 Å². The van der Waals surface area contributed by atoms with Crippen molar-refractivity contribution < 1.29 is 9.53 Å². The second kappa shape index (κ2) is 5.07. The minimum Gasteiger partial charge on any atom is -0.494 e. The summed E-state index contributed by atoms with van der Waals surface area (Å²) in [7, 11) is 1.55. The van der Waals surface area contributed by atoms with E-state index < -0.39 is 0 Å². The van der Waals surface area contributed by atoms with Crippen LogP contribution in [0.2, 0.25) is 0 Å². The molecule has 1 N–H and O–H groups in total. The highest BCUT2D eigenvalue weighted by Gasteiger charge is 2.21. The normalized spacial score (nSPS) is 14.8. The zero-order valence-corrected chi connectivity index (χ0v) is 9.40. The number of Topliss-reactive ketones (excluding diaryl/α,β-unsaturated/α-hetero) is 1. The molecule has 0 aromatic carbocycles. The second-order valence-corrected chi connectivity index (χ2v) is 3.96. The van der Waals surface area contributed by atoms with Gasteiger partial charge in [0, 0.05) is 25.2 Å². The van der Waals surface area contributed by atoms with Gasteiger partial charge in [-0.05, 0) is 25.0 Å². The number of carbonyl (C=O) groups is 1. The van der Waals surface area contributed by atoms with E-state index in [9.17, 15) is 4.79 Å². The van der Waals surface area contributed by atoms with Crippen molar-refractivity contribution in [1.82, 2.24) is 10.3 Å². The maximum Gasteiger partial charge on any atom is 0.186 e. The fraction of sp³-hybridized carbons (Fsp3) is 0.500. The van der Waals surface area contributed by atoms with Crippen molar-refractivity contribution >= 4 is 5.78 Å². The second-order valence-electron chi connectivity index (χ2n) is 3.96. The average Bonchev–Trinajstić information content (AvgIpc) is 3.13. The van der Waals surface area contributed by atoms with Gasteiger partial charge >= 0.3 is 0 Å². The van der Waals surface area contributed by atoms with Gasteiger partial charge in [0.2, 0.25) is 0 Å². The molecule has 0 amide bonds. The van der Waals surface area contributed by atoms with Crippen molar-refractivity contribution in [2.24, 2.45) is 0 Å². The number of ketones is 1. The number of nitrogens with zero attached hydrogens (tertiary/aromatic N) is 1. The number of nitrogens with one attached hydrogen (secondary N) is 1. The monoisotopic (exact) mass is 220 g/mol. The van der Waals surface area contributed by atoms with Crippen LogP contribution in [0.3, 0.4) is 0 Å². The smallest absolute Gasteiger partial charge is 0.186 e. The highest BCUT2D eigenvalue weighted by Crippen LogP contribution is 2.19. The number of methoxy groups -OCH3 is 1. The molecule has 0 bridgehead atoms. The molecular weight excluding hydrogens is 204 g/mol. The first-order valence-electron chi connectivity index (χ1n) is 5.57. The molecule has 0 spiro atoms. The van der Waals surface area contributed by atoms with Crippen molar-refractivity contribution in [3.05, 3.63) is 24.0 Å². The first-order chi connectivity index (χ1) is 7.81. The summed E-state index contributed by atoms with van der Waals surface area (Å²) in [5.41, 5.74) is 0.433. The topological polar surface area (TPSA) is 51.2 Å². The quantitative estimate of drug-likeness (QED) is 0.736. The van der Waals surface area contributed by atoms with Crippen LogP contribution in [-0.2, 0) is 0 Å². The highest BCUT2D eigenvalue weighted by molar-refractivity contribution is 5.96. The zero-order chi connectivity index (χ0) is 11.4. The molecule has 0 unspecified atom stereocenters. The molecule has 1 aromatic heterocycles. The van der Waals surface area contributed by atoms with E-state index in [0.717, 1.165) is 6.54 Å². The molecule has 1 aromatic rings. The summed E-state index contributed by atoms with van der Waals surface area (Å²) in [6.45, 7) is 0.725. The lowest BCUT2D eigenvalue weighted by atomic mass is 10.2. The first-order valence-corrected chi connectivity index (χ1v) is 5.57. The van der Waals surface area contributed by atoms with Crippen LogP contribution < -0.4 is 10.1 Å². The van der Waals surface area contributed by atoms with E-state index in [1.54, 1.807) is 25.4 Å². The fourth-order valence-electron chi connectivity index (χ4n) is 1.56. The summed E-state index contributed by atoms with van der Waals surface area (Å²) in [5, 5.41) is 3.31. The van der Waals surface area contributed by atoms with Gasteiger partial charge in [-0.3, -0.25) is 4.79 Å². The Balaban J connectivity index is 1.90. The first kappa shape index (κ1) is 11.1. The SMILES string of the molecule is COc1cccnc1C(=O)CCNC1CC1. The van der Waals surface area contributed by atoms with Gasteiger partial charge in [-0.2, -0.15) is 0 Å². The number of hydrogen-bond donors (Lipinski definition) is 1. The summed E-state index contributed by atoms with van der Waals surface area (Å²) in [4.78, 5) is 15.9. The van der Waals surface area contributed by atoms with E-state index >= 15 is 0 Å². The number of aromatic nitrogens is 1. The van der Waals surface area contributed by atoms with Crippen LogP contribution >= 0.6 is 0 Å². The van der Waals surface area contributed by atoms with E-state index in [1.165, 1.54) is 12.8 Å². The maximum atomic E-state index is 11.8. The lowest BCUT2D eigenvalue weighted by molar-refractivity contribution is 0.0974. The van der Waals surface area contributed by atoms with Crippen molar-refractivity contribution in [1.29, 1.82) is 0 Å². The summed E-state index contributed by atoms with van der Waals surface area (Å²) in [6.07, 6.45) is 4.57. The van der Waals surface area contributed by atoms with Crippen LogP contribution in [0.15, 0.2) is 18.3 Å². The Morgan fingerprint density at radius 3 is 3.12 bits per heavy atom. The third kappa shape index (κ3) is 2.79. The van der Waals surface area contributed by atoms with E-state index in [-0.39, 0.29) is 5.78 Å². The number of pyridine rings is 1. The van der Waals surface area contributed by atoms with Crippen molar-refractivity contribution in [2.75, 3.05) is 13.7 Å². The number of carbonyl (C=O) groups excluding carboxylic acids is 1. The lowest BCUT2D eigenvalue weighted by Crippen LogP contribution is -2.20. The molecule has 0 radical (unpaired) electrons. The Bertz CT molecular complexity index is 375. The molecule has 4 heteroatoms. The predicted octanol–water partition coefficient (Wildman–Crippen LogP) is 1.41. The molecule has 1 saturated carbocycles. The molecule has 2 rings (SSSR count). The van der Waals surface area contributed by atoms with Gasteiger partial charge in [-0.15, -0.1) is 0 Å². The van der Waals surface area contributed by atoms with E-state index in [0.29, 0.717) is 23.9 Å². The molecule has 4 nitrogen and oxygen atoms in total.